The minimum atomic E-state index is -4.07. The molecule has 0 unspecified atom stereocenters. The van der Waals surface area contributed by atoms with Crippen molar-refractivity contribution >= 4 is 19.7 Å². The summed E-state index contributed by atoms with van der Waals surface area (Å²) in [5, 5.41) is 12.9. The summed E-state index contributed by atoms with van der Waals surface area (Å²) in [5.41, 5.74) is 1.70. The summed E-state index contributed by atoms with van der Waals surface area (Å²) < 4.78 is 24.6. The smallest absolute Gasteiger partial charge is 0.219 e. The minimum Gasteiger partial charge on any atom is -0.219 e. The van der Waals surface area contributed by atoms with Crippen molar-refractivity contribution in [3.05, 3.63) is 41.1 Å². The molecule has 0 bridgehead atoms. The first-order chi connectivity index (χ1) is 8.86. The fraction of sp³-hybridized carbons (Fsp3) is 0.167. The number of aromatic nitrogens is 2. The summed E-state index contributed by atoms with van der Waals surface area (Å²) in [7, 11) is 1.35. The highest BCUT2D eigenvalue weighted by molar-refractivity contribution is 8.13. The fourth-order valence-corrected chi connectivity index (χ4v) is 3.03. The second-order valence-corrected chi connectivity index (χ2v) is 6.49. The zero-order valence-electron chi connectivity index (χ0n) is 10.3. The normalized spacial score (nSPS) is 11.3. The van der Waals surface area contributed by atoms with Gasteiger partial charge >= 0.3 is 0 Å². The van der Waals surface area contributed by atoms with Gasteiger partial charge in [0.25, 0.3) is 9.05 Å². The van der Waals surface area contributed by atoms with Crippen molar-refractivity contribution < 1.29 is 8.42 Å². The molecule has 0 spiro atoms. The molecule has 0 N–H and O–H groups in total. The molecule has 0 aliphatic rings. The summed E-state index contributed by atoms with van der Waals surface area (Å²) in [4.78, 5) is 0. The third kappa shape index (κ3) is 2.35. The van der Waals surface area contributed by atoms with E-state index in [-0.39, 0.29) is 10.6 Å². The summed E-state index contributed by atoms with van der Waals surface area (Å²) in [6, 6.07) is 8.96. The van der Waals surface area contributed by atoms with Gasteiger partial charge in [-0.1, -0.05) is 18.2 Å². The second kappa shape index (κ2) is 4.68. The highest BCUT2D eigenvalue weighted by Gasteiger charge is 2.26. The predicted octanol–water partition coefficient (Wildman–Crippen LogP) is 2.29. The van der Waals surface area contributed by atoms with Crippen LogP contribution in [0.15, 0.2) is 29.3 Å². The number of aryl methyl sites for hydroxylation is 2. The summed E-state index contributed by atoms with van der Waals surface area (Å²) >= 11 is 0. The number of nitrogens with zero attached hydrogens (tertiary/aromatic N) is 3. The Morgan fingerprint density at radius 3 is 2.47 bits per heavy atom. The fourth-order valence-electron chi connectivity index (χ4n) is 1.82. The second-order valence-electron chi connectivity index (χ2n) is 4.01. The minimum absolute atomic E-state index is 0.0294. The maximum atomic E-state index is 11.7. The lowest BCUT2D eigenvalue weighted by Gasteiger charge is -2.07. The number of para-hydroxylation sites is 1. The number of rotatable bonds is 2. The van der Waals surface area contributed by atoms with Gasteiger partial charge in [0.1, 0.15) is 11.6 Å². The van der Waals surface area contributed by atoms with Crippen LogP contribution in [0.1, 0.15) is 16.8 Å². The molecule has 1 aromatic carbocycles. The molecule has 0 radical (unpaired) electrons. The highest BCUT2D eigenvalue weighted by Crippen LogP contribution is 2.26. The van der Waals surface area contributed by atoms with Crippen LogP contribution in [0.3, 0.4) is 0 Å². The van der Waals surface area contributed by atoms with Crippen molar-refractivity contribution in [2.24, 2.45) is 0 Å². The maximum Gasteiger partial charge on any atom is 0.280 e. The third-order valence-corrected chi connectivity index (χ3v) is 3.98. The van der Waals surface area contributed by atoms with E-state index in [4.69, 9.17) is 15.9 Å². The van der Waals surface area contributed by atoms with Gasteiger partial charge in [0, 0.05) is 10.7 Å². The Labute approximate surface area is 115 Å². The molecule has 0 aliphatic heterocycles. The van der Waals surface area contributed by atoms with Gasteiger partial charge in [-0.2, -0.15) is 10.4 Å². The highest BCUT2D eigenvalue weighted by atomic mass is 35.7. The number of nitriles is 1. The zero-order valence-corrected chi connectivity index (χ0v) is 11.8. The van der Waals surface area contributed by atoms with Crippen LogP contribution in [0.5, 0.6) is 0 Å². The van der Waals surface area contributed by atoms with Gasteiger partial charge in [-0.3, -0.25) is 0 Å². The molecule has 0 saturated carbocycles. The number of halogens is 1. The van der Waals surface area contributed by atoms with Gasteiger partial charge in [-0.25, -0.2) is 13.1 Å². The van der Waals surface area contributed by atoms with Crippen LogP contribution < -0.4 is 0 Å². The topological polar surface area (TPSA) is 75.8 Å². The molecule has 19 heavy (non-hydrogen) atoms. The Bertz CT molecular complexity index is 788. The molecule has 98 valence electrons. The van der Waals surface area contributed by atoms with Gasteiger partial charge in [-0.15, -0.1) is 0 Å². The molecule has 0 atom stereocenters. The van der Waals surface area contributed by atoms with Gasteiger partial charge in [0.2, 0.25) is 0 Å². The summed E-state index contributed by atoms with van der Waals surface area (Å²) in [6.07, 6.45) is 0. The number of hydrogen-bond donors (Lipinski definition) is 0. The quantitative estimate of drug-likeness (QED) is 0.797. The Kier molecular flexibility index (Phi) is 3.35. The first-order valence-electron chi connectivity index (χ1n) is 5.36. The molecular weight excluding hydrogens is 286 g/mol. The molecule has 1 heterocycles. The van der Waals surface area contributed by atoms with E-state index in [1.807, 2.05) is 25.1 Å². The van der Waals surface area contributed by atoms with Crippen molar-refractivity contribution in [3.63, 3.8) is 0 Å². The Morgan fingerprint density at radius 1 is 1.32 bits per heavy atom. The predicted molar refractivity (Wildman–Crippen MR) is 70.8 cm³/mol. The third-order valence-electron chi connectivity index (χ3n) is 2.70. The van der Waals surface area contributed by atoms with Crippen LogP contribution in [-0.2, 0) is 9.05 Å². The SMILES string of the molecule is Cc1ccccc1-n1nc(C)c(C#N)c1S(=O)(=O)Cl. The van der Waals surface area contributed by atoms with Crippen LogP contribution in [-0.4, -0.2) is 18.2 Å². The standard InChI is InChI=1S/C12H10ClN3O2S/c1-8-5-3-4-6-11(8)16-12(19(13,17)18)10(7-14)9(2)15-16/h3-6H,1-2H3. The average Bonchev–Trinajstić information content (AvgIpc) is 2.66. The maximum absolute atomic E-state index is 11.7. The first-order valence-corrected chi connectivity index (χ1v) is 7.67. The average molecular weight is 296 g/mol. The van der Waals surface area contributed by atoms with Crippen LogP contribution in [0.2, 0.25) is 0 Å². The van der Waals surface area contributed by atoms with Crippen molar-refractivity contribution in [2.75, 3.05) is 0 Å². The van der Waals surface area contributed by atoms with E-state index < -0.39 is 9.05 Å². The lowest BCUT2D eigenvalue weighted by Crippen LogP contribution is -2.07. The molecule has 5 nitrogen and oxygen atoms in total. The molecule has 1 aromatic heterocycles. The lowest BCUT2D eigenvalue weighted by molar-refractivity contribution is 0.599. The van der Waals surface area contributed by atoms with E-state index in [1.54, 1.807) is 19.1 Å². The molecule has 7 heteroatoms. The lowest BCUT2D eigenvalue weighted by atomic mass is 10.2. The Morgan fingerprint density at radius 2 is 1.95 bits per heavy atom. The van der Waals surface area contributed by atoms with Crippen LogP contribution in [0, 0.1) is 25.2 Å². The van der Waals surface area contributed by atoms with Crippen LogP contribution in [0.25, 0.3) is 5.69 Å². The van der Waals surface area contributed by atoms with Crippen molar-refractivity contribution in [3.8, 4) is 11.8 Å². The van der Waals surface area contributed by atoms with Crippen molar-refractivity contribution in [2.45, 2.75) is 18.9 Å². The van der Waals surface area contributed by atoms with Gasteiger partial charge in [0.15, 0.2) is 5.03 Å². The van der Waals surface area contributed by atoms with E-state index in [0.717, 1.165) is 5.56 Å². The Hall–Kier alpha value is -1.84. The van der Waals surface area contributed by atoms with Crippen molar-refractivity contribution in [1.82, 2.24) is 9.78 Å². The van der Waals surface area contributed by atoms with E-state index in [0.29, 0.717) is 11.4 Å². The molecular formula is C12H10ClN3O2S. The van der Waals surface area contributed by atoms with E-state index >= 15 is 0 Å². The number of benzene rings is 1. The molecule has 0 aliphatic carbocycles. The summed E-state index contributed by atoms with van der Waals surface area (Å²) in [5.74, 6) is 0. The molecule has 0 saturated heterocycles. The van der Waals surface area contributed by atoms with Gasteiger partial charge in [-0.05, 0) is 25.5 Å². The van der Waals surface area contributed by atoms with Crippen molar-refractivity contribution in [1.29, 1.82) is 5.26 Å². The van der Waals surface area contributed by atoms with Gasteiger partial charge < -0.3 is 0 Å². The Balaban J connectivity index is 2.88. The molecule has 0 amide bonds. The van der Waals surface area contributed by atoms with E-state index in [2.05, 4.69) is 5.10 Å². The van der Waals surface area contributed by atoms with Crippen LogP contribution >= 0.6 is 10.7 Å². The zero-order chi connectivity index (χ0) is 14.2. The molecule has 2 aromatic rings. The monoisotopic (exact) mass is 295 g/mol. The number of hydrogen-bond acceptors (Lipinski definition) is 4. The first kappa shape index (κ1) is 13.6. The molecule has 0 fully saturated rings. The van der Waals surface area contributed by atoms with E-state index in [9.17, 15) is 8.42 Å². The summed E-state index contributed by atoms with van der Waals surface area (Å²) in [6.45, 7) is 3.39. The van der Waals surface area contributed by atoms with Crippen LogP contribution in [0.4, 0.5) is 0 Å². The largest absolute Gasteiger partial charge is 0.280 e. The van der Waals surface area contributed by atoms with Gasteiger partial charge in [0.05, 0.1) is 11.4 Å². The molecule has 2 rings (SSSR count). The van der Waals surface area contributed by atoms with E-state index in [1.165, 1.54) is 4.68 Å².